The van der Waals surface area contributed by atoms with Crippen LogP contribution in [0.3, 0.4) is 0 Å². The number of aromatic nitrogens is 1. The predicted octanol–water partition coefficient (Wildman–Crippen LogP) is 3.55. The van der Waals surface area contributed by atoms with Crippen molar-refractivity contribution in [2.75, 3.05) is 16.8 Å². The fraction of sp³-hybridized carbons (Fsp3) is 0.190. The van der Waals surface area contributed by atoms with Crippen LogP contribution in [0.4, 0.5) is 11.5 Å². The molecule has 0 atom stereocenters. The first-order valence-electron chi connectivity index (χ1n) is 8.79. The first-order valence-corrected chi connectivity index (χ1v) is 8.79. The summed E-state index contributed by atoms with van der Waals surface area (Å²) in [6.07, 6.45) is 0. The van der Waals surface area contributed by atoms with Crippen LogP contribution in [-0.4, -0.2) is 23.5 Å². The van der Waals surface area contributed by atoms with Crippen LogP contribution in [0.25, 0.3) is 0 Å². The molecule has 0 spiro atoms. The fourth-order valence-corrected chi connectivity index (χ4v) is 2.60. The molecule has 0 bridgehead atoms. The summed E-state index contributed by atoms with van der Waals surface area (Å²) in [4.78, 5) is 25.6. The number of rotatable bonds is 7. The Morgan fingerprint density at radius 2 is 1.82 bits per heavy atom. The van der Waals surface area contributed by atoms with Gasteiger partial charge >= 0.3 is 0 Å². The van der Waals surface area contributed by atoms with E-state index in [9.17, 15) is 9.59 Å². The summed E-state index contributed by atoms with van der Waals surface area (Å²) in [5.41, 5.74) is 1.67. The summed E-state index contributed by atoms with van der Waals surface area (Å²) in [6.45, 7) is 3.46. The summed E-state index contributed by atoms with van der Waals surface area (Å²) in [7, 11) is 0. The van der Waals surface area contributed by atoms with Crippen molar-refractivity contribution >= 4 is 23.3 Å². The molecular weight excluding hydrogens is 358 g/mol. The van der Waals surface area contributed by atoms with Crippen molar-refractivity contribution in [3.05, 3.63) is 72.0 Å². The Labute approximate surface area is 162 Å². The van der Waals surface area contributed by atoms with E-state index in [-0.39, 0.29) is 18.4 Å². The molecule has 7 nitrogen and oxygen atoms in total. The van der Waals surface area contributed by atoms with Gasteiger partial charge in [0.2, 0.25) is 11.8 Å². The zero-order valence-electron chi connectivity index (χ0n) is 15.7. The second-order valence-corrected chi connectivity index (χ2v) is 6.24. The molecule has 1 aromatic heterocycles. The van der Waals surface area contributed by atoms with Gasteiger partial charge in [0, 0.05) is 18.7 Å². The number of anilines is 2. The maximum Gasteiger partial charge on any atom is 0.245 e. The van der Waals surface area contributed by atoms with E-state index >= 15 is 0 Å². The van der Waals surface area contributed by atoms with Gasteiger partial charge in [0.25, 0.3) is 0 Å². The maximum absolute atomic E-state index is 12.2. The number of nitrogens with one attached hydrogen (secondary N) is 1. The molecule has 1 heterocycles. The molecule has 0 fully saturated rings. The van der Waals surface area contributed by atoms with Gasteiger partial charge < -0.3 is 19.5 Å². The van der Waals surface area contributed by atoms with Gasteiger partial charge in [0.15, 0.2) is 5.82 Å². The fourth-order valence-electron chi connectivity index (χ4n) is 2.60. The summed E-state index contributed by atoms with van der Waals surface area (Å²) in [6, 6.07) is 18.5. The molecule has 28 heavy (non-hydrogen) atoms. The van der Waals surface area contributed by atoms with Crippen LogP contribution < -0.4 is 15.0 Å². The zero-order valence-corrected chi connectivity index (χ0v) is 15.7. The van der Waals surface area contributed by atoms with Crippen LogP contribution in [0, 0.1) is 6.92 Å². The third-order valence-electron chi connectivity index (χ3n) is 3.97. The van der Waals surface area contributed by atoms with Crippen LogP contribution in [0.5, 0.6) is 5.75 Å². The van der Waals surface area contributed by atoms with E-state index in [1.807, 2.05) is 30.3 Å². The number of hydrogen-bond donors (Lipinski definition) is 1. The number of carbonyl (C=O) groups is 2. The lowest BCUT2D eigenvalue weighted by atomic mass is 10.2. The highest BCUT2D eigenvalue weighted by Gasteiger charge is 2.17. The van der Waals surface area contributed by atoms with E-state index in [1.165, 1.54) is 11.8 Å². The van der Waals surface area contributed by atoms with Crippen molar-refractivity contribution in [2.24, 2.45) is 0 Å². The Hall–Kier alpha value is -3.61. The van der Waals surface area contributed by atoms with Gasteiger partial charge in [-0.15, -0.1) is 0 Å². The maximum atomic E-state index is 12.2. The van der Waals surface area contributed by atoms with Gasteiger partial charge in [-0.25, -0.2) is 0 Å². The molecule has 0 saturated carbocycles. The molecule has 0 saturated heterocycles. The first kappa shape index (κ1) is 19.2. The lowest BCUT2D eigenvalue weighted by molar-refractivity contribution is -0.120. The Morgan fingerprint density at radius 3 is 2.43 bits per heavy atom. The van der Waals surface area contributed by atoms with Gasteiger partial charge in [-0.1, -0.05) is 35.5 Å². The molecule has 0 radical (unpaired) electrons. The smallest absolute Gasteiger partial charge is 0.245 e. The third-order valence-corrected chi connectivity index (χ3v) is 3.97. The van der Waals surface area contributed by atoms with Gasteiger partial charge in [-0.3, -0.25) is 9.59 Å². The predicted molar refractivity (Wildman–Crippen MR) is 105 cm³/mol. The SMILES string of the molecule is CC(=O)N(CC(=O)Nc1cc(C)on1)c1ccc(OCc2ccccc2)cc1. The van der Waals surface area contributed by atoms with E-state index in [1.54, 1.807) is 37.3 Å². The Kier molecular flexibility index (Phi) is 6.06. The monoisotopic (exact) mass is 379 g/mol. The quantitative estimate of drug-likeness (QED) is 0.679. The number of carbonyl (C=O) groups excluding carboxylic acids is 2. The van der Waals surface area contributed by atoms with Crippen molar-refractivity contribution in [3.8, 4) is 5.75 Å². The number of aryl methyl sites for hydroxylation is 1. The molecule has 1 N–H and O–H groups in total. The van der Waals surface area contributed by atoms with Crippen molar-refractivity contribution in [1.29, 1.82) is 0 Å². The molecule has 3 rings (SSSR count). The molecule has 0 unspecified atom stereocenters. The van der Waals surface area contributed by atoms with Crippen molar-refractivity contribution in [2.45, 2.75) is 20.5 Å². The minimum absolute atomic E-state index is 0.133. The van der Waals surface area contributed by atoms with Gasteiger partial charge in [-0.05, 0) is 36.8 Å². The highest BCUT2D eigenvalue weighted by atomic mass is 16.5. The Bertz CT molecular complexity index is 936. The number of benzene rings is 2. The topological polar surface area (TPSA) is 84.7 Å². The molecule has 3 aromatic rings. The van der Waals surface area contributed by atoms with E-state index in [0.29, 0.717) is 29.6 Å². The Morgan fingerprint density at radius 1 is 1.11 bits per heavy atom. The average Bonchev–Trinajstić information content (AvgIpc) is 3.10. The average molecular weight is 379 g/mol. The molecule has 7 heteroatoms. The van der Waals surface area contributed by atoms with Crippen LogP contribution >= 0.6 is 0 Å². The number of ether oxygens (including phenoxy) is 1. The van der Waals surface area contributed by atoms with Crippen molar-refractivity contribution < 1.29 is 18.8 Å². The molecular formula is C21H21N3O4. The van der Waals surface area contributed by atoms with Crippen molar-refractivity contribution in [3.63, 3.8) is 0 Å². The first-order chi connectivity index (χ1) is 13.5. The van der Waals surface area contributed by atoms with Crippen LogP contribution in [0.1, 0.15) is 18.2 Å². The second-order valence-electron chi connectivity index (χ2n) is 6.24. The van der Waals surface area contributed by atoms with E-state index in [2.05, 4.69) is 10.5 Å². The largest absolute Gasteiger partial charge is 0.489 e. The summed E-state index contributed by atoms with van der Waals surface area (Å²) in [5, 5.41) is 6.32. The lowest BCUT2D eigenvalue weighted by Gasteiger charge is -2.20. The van der Waals surface area contributed by atoms with E-state index in [4.69, 9.17) is 9.26 Å². The van der Waals surface area contributed by atoms with E-state index in [0.717, 1.165) is 5.56 Å². The summed E-state index contributed by atoms with van der Waals surface area (Å²) >= 11 is 0. The third kappa shape index (κ3) is 5.20. The van der Waals surface area contributed by atoms with Crippen LogP contribution in [0.2, 0.25) is 0 Å². The van der Waals surface area contributed by atoms with Gasteiger partial charge in [0.05, 0.1) is 0 Å². The lowest BCUT2D eigenvalue weighted by Crippen LogP contribution is -2.36. The Balaban J connectivity index is 1.61. The zero-order chi connectivity index (χ0) is 19.9. The van der Waals surface area contributed by atoms with Gasteiger partial charge in [-0.2, -0.15) is 0 Å². The molecule has 0 aliphatic rings. The number of hydrogen-bond acceptors (Lipinski definition) is 5. The normalized spacial score (nSPS) is 10.4. The molecule has 144 valence electrons. The minimum atomic E-state index is -0.368. The molecule has 2 aromatic carbocycles. The molecule has 2 amide bonds. The summed E-state index contributed by atoms with van der Waals surface area (Å²) in [5.74, 6) is 0.969. The van der Waals surface area contributed by atoms with Crippen LogP contribution in [0.15, 0.2) is 65.2 Å². The highest BCUT2D eigenvalue weighted by molar-refractivity contribution is 6.01. The van der Waals surface area contributed by atoms with Crippen LogP contribution in [-0.2, 0) is 16.2 Å². The highest BCUT2D eigenvalue weighted by Crippen LogP contribution is 2.21. The number of amides is 2. The standard InChI is InChI=1S/C21H21N3O4/c1-15-12-20(23-28-15)22-21(26)13-24(16(2)25)18-8-10-19(11-9-18)27-14-17-6-4-3-5-7-17/h3-12H,13-14H2,1-2H3,(H,22,23,26). The number of nitrogens with zero attached hydrogens (tertiary/aromatic N) is 2. The van der Waals surface area contributed by atoms with Crippen molar-refractivity contribution in [1.82, 2.24) is 5.16 Å². The second kappa shape index (κ2) is 8.85. The molecule has 0 aliphatic heterocycles. The van der Waals surface area contributed by atoms with Gasteiger partial charge in [0.1, 0.15) is 24.7 Å². The minimum Gasteiger partial charge on any atom is -0.489 e. The molecule has 0 aliphatic carbocycles. The summed E-state index contributed by atoms with van der Waals surface area (Å²) < 4.78 is 10.7. The van der Waals surface area contributed by atoms with E-state index < -0.39 is 0 Å².